The Balaban J connectivity index is 1.90. The summed E-state index contributed by atoms with van der Waals surface area (Å²) in [5.41, 5.74) is 2.83. The maximum absolute atomic E-state index is 5.41. The molecule has 2 heteroatoms. The molecule has 0 aromatic heterocycles. The third kappa shape index (κ3) is 2.80. The maximum Gasteiger partial charge on any atom is 0.0646 e. The molecule has 0 bridgehead atoms. The summed E-state index contributed by atoms with van der Waals surface area (Å²) in [5.74, 6) is 0. The van der Waals surface area contributed by atoms with Gasteiger partial charge in [-0.05, 0) is 25.8 Å². The number of aryl methyl sites for hydroxylation is 1. The Morgan fingerprint density at radius 3 is 2.67 bits per heavy atom. The second kappa shape index (κ2) is 4.33. The third-order valence-corrected chi connectivity index (χ3v) is 3.06. The van der Waals surface area contributed by atoms with Gasteiger partial charge in [0.1, 0.15) is 0 Å². The number of rotatable bonds is 3. The summed E-state index contributed by atoms with van der Waals surface area (Å²) in [4.78, 5) is 0. The van der Waals surface area contributed by atoms with Gasteiger partial charge in [-0.1, -0.05) is 29.8 Å². The van der Waals surface area contributed by atoms with Crippen molar-refractivity contribution in [3.8, 4) is 0 Å². The molecule has 2 nitrogen and oxygen atoms in total. The molecule has 0 aliphatic carbocycles. The van der Waals surface area contributed by atoms with E-state index >= 15 is 0 Å². The van der Waals surface area contributed by atoms with Gasteiger partial charge in [-0.25, -0.2) is 0 Å². The Kier molecular flexibility index (Phi) is 3.08. The van der Waals surface area contributed by atoms with Crippen molar-refractivity contribution in [2.24, 2.45) is 0 Å². The molecule has 1 N–H and O–H groups in total. The van der Waals surface area contributed by atoms with E-state index in [0.717, 1.165) is 26.2 Å². The van der Waals surface area contributed by atoms with Gasteiger partial charge in [-0.15, -0.1) is 0 Å². The molecule has 2 rings (SSSR count). The first kappa shape index (κ1) is 10.7. The van der Waals surface area contributed by atoms with Crippen molar-refractivity contribution in [3.63, 3.8) is 0 Å². The highest BCUT2D eigenvalue weighted by molar-refractivity contribution is 5.21. The first-order valence-electron chi connectivity index (χ1n) is 5.56. The zero-order chi connectivity index (χ0) is 10.7. The quantitative estimate of drug-likeness (QED) is 0.817. The summed E-state index contributed by atoms with van der Waals surface area (Å²) in [6, 6.07) is 8.68. The fourth-order valence-corrected chi connectivity index (χ4v) is 1.83. The summed E-state index contributed by atoms with van der Waals surface area (Å²) in [6.45, 7) is 6.99. The lowest BCUT2D eigenvalue weighted by atomic mass is 10.0. The van der Waals surface area contributed by atoms with Crippen LogP contribution in [-0.2, 0) is 11.3 Å². The third-order valence-electron chi connectivity index (χ3n) is 3.06. The number of hydrogen-bond donors (Lipinski definition) is 1. The van der Waals surface area contributed by atoms with Crippen LogP contribution in [0.4, 0.5) is 0 Å². The fourth-order valence-electron chi connectivity index (χ4n) is 1.83. The van der Waals surface area contributed by atoms with E-state index in [1.54, 1.807) is 0 Å². The topological polar surface area (TPSA) is 21.3 Å². The molecule has 1 heterocycles. The van der Waals surface area contributed by atoms with E-state index in [9.17, 15) is 0 Å². The molecular weight excluding hydrogens is 186 g/mol. The molecule has 1 aliphatic rings. The van der Waals surface area contributed by atoms with Crippen LogP contribution < -0.4 is 5.32 Å². The summed E-state index contributed by atoms with van der Waals surface area (Å²) in [6.07, 6.45) is 1.11. The highest BCUT2D eigenvalue weighted by Crippen LogP contribution is 2.18. The van der Waals surface area contributed by atoms with Crippen molar-refractivity contribution >= 4 is 0 Å². The second-order valence-electron chi connectivity index (χ2n) is 4.70. The van der Waals surface area contributed by atoms with Gasteiger partial charge in [0.05, 0.1) is 6.61 Å². The smallest absolute Gasteiger partial charge is 0.0646 e. The summed E-state index contributed by atoms with van der Waals surface area (Å²) >= 11 is 0. The highest BCUT2D eigenvalue weighted by atomic mass is 16.5. The molecule has 1 aromatic rings. The average molecular weight is 205 g/mol. The molecule has 1 atom stereocenters. The van der Waals surface area contributed by atoms with E-state index in [1.807, 2.05) is 0 Å². The zero-order valence-corrected chi connectivity index (χ0v) is 9.55. The molecular formula is C13H19NO. The van der Waals surface area contributed by atoms with Crippen molar-refractivity contribution in [2.45, 2.75) is 32.4 Å². The Labute approximate surface area is 91.6 Å². The van der Waals surface area contributed by atoms with Gasteiger partial charge in [0, 0.05) is 18.7 Å². The molecule has 82 valence electrons. The van der Waals surface area contributed by atoms with Crippen molar-refractivity contribution < 1.29 is 4.74 Å². The molecule has 1 unspecified atom stereocenters. The van der Waals surface area contributed by atoms with Crippen LogP contribution in [0.2, 0.25) is 0 Å². The normalized spacial score (nSPS) is 25.7. The van der Waals surface area contributed by atoms with E-state index in [-0.39, 0.29) is 5.54 Å². The Morgan fingerprint density at radius 1 is 1.33 bits per heavy atom. The van der Waals surface area contributed by atoms with E-state index < -0.39 is 0 Å². The molecule has 0 spiro atoms. The SMILES string of the molecule is Cc1ccc(CNC2(C)CCOC2)cc1. The molecule has 0 radical (unpaired) electrons. The van der Waals surface area contributed by atoms with Crippen LogP contribution in [0.15, 0.2) is 24.3 Å². The number of hydrogen-bond acceptors (Lipinski definition) is 2. The predicted octanol–water partition coefficient (Wildman–Crippen LogP) is 2.26. The van der Waals surface area contributed by atoms with Crippen LogP contribution in [0.25, 0.3) is 0 Å². The van der Waals surface area contributed by atoms with Crippen LogP contribution >= 0.6 is 0 Å². The van der Waals surface area contributed by atoms with Gasteiger partial charge in [0.15, 0.2) is 0 Å². The molecule has 1 fully saturated rings. The Morgan fingerprint density at radius 2 is 2.07 bits per heavy atom. The van der Waals surface area contributed by atoms with Crippen molar-refractivity contribution in [2.75, 3.05) is 13.2 Å². The molecule has 15 heavy (non-hydrogen) atoms. The number of ether oxygens (including phenoxy) is 1. The average Bonchev–Trinajstić information content (AvgIpc) is 2.65. The van der Waals surface area contributed by atoms with Crippen molar-refractivity contribution in [1.29, 1.82) is 0 Å². The largest absolute Gasteiger partial charge is 0.379 e. The lowest BCUT2D eigenvalue weighted by Crippen LogP contribution is -2.42. The second-order valence-corrected chi connectivity index (χ2v) is 4.70. The van der Waals surface area contributed by atoms with Gasteiger partial charge in [0.25, 0.3) is 0 Å². The van der Waals surface area contributed by atoms with Gasteiger partial charge in [-0.3, -0.25) is 0 Å². The van der Waals surface area contributed by atoms with Crippen molar-refractivity contribution in [1.82, 2.24) is 5.32 Å². The van der Waals surface area contributed by atoms with Crippen LogP contribution in [0.3, 0.4) is 0 Å². The highest BCUT2D eigenvalue weighted by Gasteiger charge is 2.28. The zero-order valence-electron chi connectivity index (χ0n) is 9.55. The van der Waals surface area contributed by atoms with Gasteiger partial charge < -0.3 is 10.1 Å². The van der Waals surface area contributed by atoms with Gasteiger partial charge >= 0.3 is 0 Å². The van der Waals surface area contributed by atoms with E-state index in [4.69, 9.17) is 4.74 Å². The van der Waals surface area contributed by atoms with Gasteiger partial charge in [-0.2, -0.15) is 0 Å². The Hall–Kier alpha value is -0.860. The first-order chi connectivity index (χ1) is 7.18. The van der Waals surface area contributed by atoms with Crippen LogP contribution in [0, 0.1) is 6.92 Å². The summed E-state index contributed by atoms with van der Waals surface area (Å²) < 4.78 is 5.41. The van der Waals surface area contributed by atoms with Crippen LogP contribution in [-0.4, -0.2) is 18.8 Å². The maximum atomic E-state index is 5.41. The lowest BCUT2D eigenvalue weighted by Gasteiger charge is -2.23. The minimum Gasteiger partial charge on any atom is -0.379 e. The molecule has 0 amide bonds. The van der Waals surface area contributed by atoms with Crippen LogP contribution in [0.1, 0.15) is 24.5 Å². The summed E-state index contributed by atoms with van der Waals surface area (Å²) in [7, 11) is 0. The number of benzene rings is 1. The van der Waals surface area contributed by atoms with Crippen molar-refractivity contribution in [3.05, 3.63) is 35.4 Å². The van der Waals surface area contributed by atoms with Gasteiger partial charge in [0.2, 0.25) is 0 Å². The van der Waals surface area contributed by atoms with E-state index in [0.29, 0.717) is 0 Å². The predicted molar refractivity (Wildman–Crippen MR) is 61.9 cm³/mol. The van der Waals surface area contributed by atoms with E-state index in [2.05, 4.69) is 43.4 Å². The Bertz CT molecular complexity index is 312. The lowest BCUT2D eigenvalue weighted by molar-refractivity contribution is 0.171. The molecule has 1 aromatic carbocycles. The summed E-state index contributed by atoms with van der Waals surface area (Å²) in [5, 5.41) is 3.57. The van der Waals surface area contributed by atoms with Crippen LogP contribution in [0.5, 0.6) is 0 Å². The number of nitrogens with one attached hydrogen (secondary N) is 1. The molecule has 0 saturated carbocycles. The molecule has 1 aliphatic heterocycles. The standard InChI is InChI=1S/C13H19NO/c1-11-3-5-12(6-4-11)9-14-13(2)7-8-15-10-13/h3-6,14H,7-10H2,1-2H3. The first-order valence-corrected chi connectivity index (χ1v) is 5.56. The monoisotopic (exact) mass is 205 g/mol. The molecule has 1 saturated heterocycles. The van der Waals surface area contributed by atoms with E-state index in [1.165, 1.54) is 11.1 Å². The minimum atomic E-state index is 0.172. The fraction of sp³-hybridized carbons (Fsp3) is 0.538. The minimum absolute atomic E-state index is 0.172.